The molecule has 0 saturated heterocycles. The molecule has 0 aliphatic carbocycles. The van der Waals surface area contributed by atoms with Crippen LogP contribution in [0.5, 0.6) is 0 Å². The minimum absolute atomic E-state index is 0.0365. The molecule has 1 aromatic carbocycles. The molecule has 1 atom stereocenters. The van der Waals surface area contributed by atoms with Gasteiger partial charge in [-0.05, 0) is 24.5 Å². The van der Waals surface area contributed by atoms with Gasteiger partial charge in [0.25, 0.3) is 0 Å². The Kier molecular flexibility index (Phi) is 4.28. The number of para-hydroxylation sites is 1. The Balaban J connectivity index is 2.04. The molecule has 0 spiro atoms. The van der Waals surface area contributed by atoms with Crippen LogP contribution in [0.25, 0.3) is 0 Å². The van der Waals surface area contributed by atoms with Crippen LogP contribution in [0, 0.1) is 12.8 Å². The van der Waals surface area contributed by atoms with Crippen LogP contribution in [0.3, 0.4) is 0 Å². The molecular weight excluding hydrogens is 274 g/mol. The van der Waals surface area contributed by atoms with E-state index >= 15 is 0 Å². The lowest BCUT2D eigenvalue weighted by Crippen LogP contribution is -2.19. The predicted molar refractivity (Wildman–Crippen MR) is 80.2 cm³/mol. The molecule has 4 nitrogen and oxygen atoms in total. The van der Waals surface area contributed by atoms with Crippen LogP contribution in [0.1, 0.15) is 24.5 Å². The number of hydrogen-bond donors (Lipinski definition) is 1. The van der Waals surface area contributed by atoms with Crippen molar-refractivity contribution in [1.29, 1.82) is 0 Å². The van der Waals surface area contributed by atoms with Gasteiger partial charge in [-0.2, -0.15) is 0 Å². The number of aryl methyl sites for hydroxylation is 2. The second-order valence-electron chi connectivity index (χ2n) is 5.13. The maximum atomic E-state index is 12.1. The number of carbonyl (C=O) groups is 1. The lowest BCUT2D eigenvalue weighted by molar-refractivity contribution is -0.116. The normalized spacial score (nSPS) is 20.0. The number of hydrogen-bond acceptors (Lipinski definition) is 3. The number of nitrogens with one attached hydrogen (secondary N) is 1. The van der Waals surface area contributed by atoms with Crippen LogP contribution < -0.4 is 5.32 Å². The van der Waals surface area contributed by atoms with E-state index in [1.54, 1.807) is 6.08 Å². The van der Waals surface area contributed by atoms with E-state index in [1.807, 2.05) is 32.0 Å². The smallest absolute Gasteiger partial charge is 0.225 e. The highest BCUT2D eigenvalue weighted by molar-refractivity contribution is 7.94. The van der Waals surface area contributed by atoms with Crippen LogP contribution in [0.15, 0.2) is 29.7 Å². The molecule has 0 aromatic heterocycles. The van der Waals surface area contributed by atoms with Crippen molar-refractivity contribution in [3.63, 3.8) is 0 Å². The summed E-state index contributed by atoms with van der Waals surface area (Å²) in [5.41, 5.74) is 2.96. The number of benzene rings is 1. The average Bonchev–Trinajstić information content (AvgIpc) is 2.71. The Morgan fingerprint density at radius 3 is 2.75 bits per heavy atom. The van der Waals surface area contributed by atoms with Gasteiger partial charge >= 0.3 is 0 Å². The van der Waals surface area contributed by atoms with Gasteiger partial charge in [0.2, 0.25) is 5.91 Å². The standard InChI is InChI=1S/C15H19NO3S/c1-3-13-6-4-5-11(2)15(13)16-14(17)9-12-7-8-20(18,19)10-12/h4-8,12H,3,9-10H2,1-2H3,(H,16,17). The molecule has 5 heteroatoms. The summed E-state index contributed by atoms with van der Waals surface area (Å²) in [6, 6.07) is 5.91. The average molecular weight is 293 g/mol. The third-order valence-electron chi connectivity index (χ3n) is 3.46. The van der Waals surface area contributed by atoms with Gasteiger partial charge in [-0.1, -0.05) is 31.2 Å². The Hall–Kier alpha value is -1.62. The van der Waals surface area contributed by atoms with E-state index in [1.165, 1.54) is 5.41 Å². The van der Waals surface area contributed by atoms with Crippen molar-refractivity contribution in [3.8, 4) is 0 Å². The van der Waals surface area contributed by atoms with E-state index in [4.69, 9.17) is 0 Å². The fourth-order valence-electron chi connectivity index (χ4n) is 2.40. The topological polar surface area (TPSA) is 63.2 Å². The van der Waals surface area contributed by atoms with Crippen LogP contribution in [-0.2, 0) is 21.1 Å². The summed E-state index contributed by atoms with van der Waals surface area (Å²) in [6.07, 6.45) is 2.65. The zero-order valence-corrected chi connectivity index (χ0v) is 12.5. The van der Waals surface area contributed by atoms with Gasteiger partial charge in [-0.25, -0.2) is 8.42 Å². The Bertz CT molecular complexity index is 647. The molecule has 0 radical (unpaired) electrons. The maximum absolute atomic E-state index is 12.1. The highest BCUT2D eigenvalue weighted by atomic mass is 32.2. The molecule has 1 aliphatic heterocycles. The van der Waals surface area contributed by atoms with Crippen molar-refractivity contribution < 1.29 is 13.2 Å². The van der Waals surface area contributed by atoms with Gasteiger partial charge in [-0.3, -0.25) is 4.79 Å². The first-order valence-electron chi connectivity index (χ1n) is 6.70. The summed E-state index contributed by atoms with van der Waals surface area (Å²) in [5, 5.41) is 4.12. The van der Waals surface area contributed by atoms with E-state index < -0.39 is 9.84 Å². The minimum atomic E-state index is -3.10. The molecule has 0 bridgehead atoms. The second kappa shape index (κ2) is 5.79. The van der Waals surface area contributed by atoms with Crippen LogP contribution in [0.4, 0.5) is 5.69 Å². The first-order valence-corrected chi connectivity index (χ1v) is 8.42. The molecule has 0 fully saturated rings. The Morgan fingerprint density at radius 1 is 1.40 bits per heavy atom. The van der Waals surface area contributed by atoms with Gasteiger partial charge in [0, 0.05) is 23.4 Å². The van der Waals surface area contributed by atoms with E-state index in [-0.39, 0.29) is 24.0 Å². The van der Waals surface area contributed by atoms with Gasteiger partial charge < -0.3 is 5.32 Å². The van der Waals surface area contributed by atoms with Crippen LogP contribution >= 0.6 is 0 Å². The van der Waals surface area contributed by atoms with Crippen molar-refractivity contribution in [2.45, 2.75) is 26.7 Å². The highest BCUT2D eigenvalue weighted by Crippen LogP contribution is 2.23. The SMILES string of the molecule is CCc1cccc(C)c1NC(=O)CC1C=CS(=O)(=O)C1. The van der Waals surface area contributed by atoms with Crippen molar-refractivity contribution in [2.75, 3.05) is 11.1 Å². The van der Waals surface area contributed by atoms with Crippen molar-refractivity contribution >= 4 is 21.4 Å². The summed E-state index contributed by atoms with van der Waals surface area (Å²) < 4.78 is 22.6. The molecule has 1 unspecified atom stereocenters. The third kappa shape index (κ3) is 3.48. The summed E-state index contributed by atoms with van der Waals surface area (Å²) in [5.74, 6) is -0.315. The zero-order chi connectivity index (χ0) is 14.8. The number of rotatable bonds is 4. The van der Waals surface area contributed by atoms with Gasteiger partial charge in [-0.15, -0.1) is 0 Å². The van der Waals surface area contributed by atoms with Crippen molar-refractivity contribution in [2.24, 2.45) is 5.92 Å². The highest BCUT2D eigenvalue weighted by Gasteiger charge is 2.24. The molecule has 20 heavy (non-hydrogen) atoms. The molecular formula is C15H19NO3S. The van der Waals surface area contributed by atoms with E-state index in [9.17, 15) is 13.2 Å². The Morgan fingerprint density at radius 2 is 2.15 bits per heavy atom. The molecule has 0 saturated carbocycles. The van der Waals surface area contributed by atoms with Crippen LogP contribution in [-0.4, -0.2) is 20.1 Å². The zero-order valence-electron chi connectivity index (χ0n) is 11.7. The van der Waals surface area contributed by atoms with Crippen molar-refractivity contribution in [1.82, 2.24) is 0 Å². The van der Waals surface area contributed by atoms with E-state index in [0.717, 1.165) is 23.2 Å². The number of amides is 1. The summed E-state index contributed by atoms with van der Waals surface area (Å²) >= 11 is 0. The number of anilines is 1. The predicted octanol–water partition coefficient (Wildman–Crippen LogP) is 2.44. The number of sulfone groups is 1. The van der Waals surface area contributed by atoms with E-state index in [0.29, 0.717) is 0 Å². The van der Waals surface area contributed by atoms with Crippen molar-refractivity contribution in [3.05, 3.63) is 40.8 Å². The largest absolute Gasteiger partial charge is 0.326 e. The fraction of sp³-hybridized carbons (Fsp3) is 0.400. The summed E-state index contributed by atoms with van der Waals surface area (Å²) in [4.78, 5) is 12.1. The van der Waals surface area contributed by atoms with Gasteiger partial charge in [0.1, 0.15) is 0 Å². The molecule has 108 valence electrons. The molecule has 1 N–H and O–H groups in total. The van der Waals surface area contributed by atoms with Gasteiger partial charge in [0.05, 0.1) is 5.75 Å². The quantitative estimate of drug-likeness (QED) is 0.927. The van der Waals surface area contributed by atoms with Crippen LogP contribution in [0.2, 0.25) is 0 Å². The Labute approximate surface area is 119 Å². The number of allylic oxidation sites excluding steroid dienone is 1. The van der Waals surface area contributed by atoms with E-state index in [2.05, 4.69) is 5.32 Å². The summed E-state index contributed by atoms with van der Waals surface area (Å²) in [7, 11) is -3.10. The monoisotopic (exact) mass is 293 g/mol. The first kappa shape index (κ1) is 14.8. The number of carbonyl (C=O) groups excluding carboxylic acids is 1. The maximum Gasteiger partial charge on any atom is 0.225 e. The molecule has 2 rings (SSSR count). The van der Waals surface area contributed by atoms with Gasteiger partial charge in [0.15, 0.2) is 9.84 Å². The lowest BCUT2D eigenvalue weighted by Gasteiger charge is -2.14. The minimum Gasteiger partial charge on any atom is -0.326 e. The molecule has 1 aromatic rings. The molecule has 1 aliphatic rings. The second-order valence-corrected chi connectivity index (χ2v) is 7.06. The lowest BCUT2D eigenvalue weighted by atomic mass is 10.0. The molecule has 1 heterocycles. The third-order valence-corrected chi connectivity index (χ3v) is 4.92. The molecule has 1 amide bonds. The summed E-state index contributed by atoms with van der Waals surface area (Å²) in [6.45, 7) is 3.99. The fourth-order valence-corrected chi connectivity index (χ4v) is 3.80. The first-order chi connectivity index (χ1) is 9.41.